The number of carbonyl (C=O) groups excluding carboxylic acids is 1. The van der Waals surface area contributed by atoms with Crippen LogP contribution in [0.5, 0.6) is 0 Å². The van der Waals surface area contributed by atoms with Crippen LogP contribution in [0.15, 0.2) is 22.7 Å². The third-order valence-electron chi connectivity index (χ3n) is 2.05. The Hall–Kier alpha value is -1.47. The highest BCUT2D eigenvalue weighted by Gasteiger charge is 2.18. The summed E-state index contributed by atoms with van der Waals surface area (Å²) in [5.41, 5.74) is 5.37. The van der Waals surface area contributed by atoms with Crippen molar-refractivity contribution in [1.29, 1.82) is 0 Å². The number of benzene rings is 1. The summed E-state index contributed by atoms with van der Waals surface area (Å²) in [7, 11) is 0. The van der Waals surface area contributed by atoms with Gasteiger partial charge in [-0.05, 0) is 35.8 Å². The van der Waals surface area contributed by atoms with Gasteiger partial charge in [-0.2, -0.15) is 0 Å². The van der Waals surface area contributed by atoms with Gasteiger partial charge < -0.3 is 11.1 Å². The van der Waals surface area contributed by atoms with Crippen LogP contribution in [-0.2, 0) is 4.79 Å². The molecular formula is C11H14BrN3O3. The average molecular weight is 316 g/mol. The first-order valence-electron chi connectivity index (χ1n) is 5.22. The van der Waals surface area contributed by atoms with Crippen molar-refractivity contribution in [2.75, 3.05) is 5.32 Å². The Balaban J connectivity index is 2.87. The van der Waals surface area contributed by atoms with Gasteiger partial charge in [0.2, 0.25) is 5.91 Å². The molecule has 0 heterocycles. The number of non-ortho nitro benzene ring substituents is 1. The third-order valence-corrected chi connectivity index (χ3v) is 2.74. The van der Waals surface area contributed by atoms with E-state index in [0.717, 1.165) is 0 Å². The first-order valence-corrected chi connectivity index (χ1v) is 6.01. The minimum absolute atomic E-state index is 0.0829. The van der Waals surface area contributed by atoms with Crippen molar-refractivity contribution in [2.24, 2.45) is 5.73 Å². The van der Waals surface area contributed by atoms with E-state index in [1.54, 1.807) is 13.8 Å². The Morgan fingerprint density at radius 2 is 2.17 bits per heavy atom. The van der Waals surface area contributed by atoms with Crippen molar-refractivity contribution < 1.29 is 9.72 Å². The van der Waals surface area contributed by atoms with Crippen LogP contribution in [-0.4, -0.2) is 16.4 Å². The van der Waals surface area contributed by atoms with Gasteiger partial charge in [-0.3, -0.25) is 14.9 Å². The molecule has 1 aromatic carbocycles. The van der Waals surface area contributed by atoms with Crippen LogP contribution in [0.25, 0.3) is 0 Å². The molecule has 1 amide bonds. The number of hydrogen-bond donors (Lipinski definition) is 2. The second-order valence-corrected chi connectivity index (χ2v) is 5.49. The number of nitrogens with two attached hydrogens (primary N) is 1. The van der Waals surface area contributed by atoms with Gasteiger partial charge in [-0.1, -0.05) is 0 Å². The zero-order valence-corrected chi connectivity index (χ0v) is 11.7. The number of amides is 1. The molecule has 0 aliphatic heterocycles. The van der Waals surface area contributed by atoms with Gasteiger partial charge in [0.05, 0.1) is 10.6 Å². The third kappa shape index (κ3) is 4.42. The number of halogens is 1. The molecule has 0 unspecified atom stereocenters. The van der Waals surface area contributed by atoms with Gasteiger partial charge >= 0.3 is 0 Å². The molecule has 1 rings (SSSR count). The van der Waals surface area contributed by atoms with E-state index in [1.807, 2.05) is 0 Å². The van der Waals surface area contributed by atoms with Crippen LogP contribution in [0.3, 0.4) is 0 Å². The Kier molecular flexibility index (Phi) is 4.42. The summed E-state index contributed by atoms with van der Waals surface area (Å²) >= 11 is 3.22. The lowest BCUT2D eigenvalue weighted by Crippen LogP contribution is -2.36. The van der Waals surface area contributed by atoms with Crippen molar-refractivity contribution in [3.63, 3.8) is 0 Å². The lowest BCUT2D eigenvalue weighted by molar-refractivity contribution is -0.384. The number of nitrogens with one attached hydrogen (secondary N) is 1. The predicted octanol–water partition coefficient (Wildman–Crippen LogP) is 2.42. The summed E-state index contributed by atoms with van der Waals surface area (Å²) in [5.74, 6) is -0.288. The maximum absolute atomic E-state index is 11.7. The number of hydrogen-bond acceptors (Lipinski definition) is 4. The fourth-order valence-electron chi connectivity index (χ4n) is 1.33. The molecule has 3 N–H and O–H groups in total. The highest BCUT2D eigenvalue weighted by Crippen LogP contribution is 2.27. The fourth-order valence-corrected chi connectivity index (χ4v) is 1.68. The van der Waals surface area contributed by atoms with Crippen LogP contribution in [0.2, 0.25) is 0 Å². The second-order valence-electron chi connectivity index (χ2n) is 4.63. The number of nitrogens with zero attached hydrogens (tertiary/aromatic N) is 1. The van der Waals surface area contributed by atoms with E-state index >= 15 is 0 Å². The molecule has 0 aliphatic rings. The molecule has 0 radical (unpaired) electrons. The van der Waals surface area contributed by atoms with Crippen molar-refractivity contribution in [1.82, 2.24) is 0 Å². The van der Waals surface area contributed by atoms with Gasteiger partial charge in [0.25, 0.3) is 5.69 Å². The zero-order chi connectivity index (χ0) is 13.9. The van der Waals surface area contributed by atoms with Gasteiger partial charge in [0, 0.05) is 28.6 Å². The normalized spacial score (nSPS) is 11.1. The van der Waals surface area contributed by atoms with Crippen LogP contribution in [0, 0.1) is 10.1 Å². The minimum atomic E-state index is -0.628. The first kappa shape index (κ1) is 14.6. The van der Waals surface area contributed by atoms with E-state index in [-0.39, 0.29) is 18.0 Å². The van der Waals surface area contributed by atoms with Crippen LogP contribution >= 0.6 is 15.9 Å². The van der Waals surface area contributed by atoms with Gasteiger partial charge in [0.15, 0.2) is 0 Å². The molecule has 0 aromatic heterocycles. The van der Waals surface area contributed by atoms with E-state index in [0.29, 0.717) is 10.2 Å². The van der Waals surface area contributed by atoms with E-state index < -0.39 is 10.5 Å². The predicted molar refractivity (Wildman–Crippen MR) is 72.3 cm³/mol. The van der Waals surface area contributed by atoms with Gasteiger partial charge in [-0.25, -0.2) is 0 Å². The van der Waals surface area contributed by atoms with E-state index in [9.17, 15) is 14.9 Å². The quantitative estimate of drug-likeness (QED) is 0.658. The molecule has 0 fully saturated rings. The summed E-state index contributed by atoms with van der Waals surface area (Å²) in [6.45, 7) is 3.46. The van der Waals surface area contributed by atoms with Crippen LogP contribution in [0.4, 0.5) is 11.4 Å². The number of nitro benzene ring substituents is 1. The summed E-state index contributed by atoms with van der Waals surface area (Å²) in [5, 5.41) is 13.2. The summed E-state index contributed by atoms with van der Waals surface area (Å²) in [4.78, 5) is 21.8. The Bertz CT molecular complexity index is 483. The van der Waals surface area contributed by atoms with Gasteiger partial charge in [-0.15, -0.1) is 0 Å². The minimum Gasteiger partial charge on any atom is -0.325 e. The highest BCUT2D eigenvalue weighted by atomic mass is 79.9. The largest absolute Gasteiger partial charge is 0.325 e. The molecule has 18 heavy (non-hydrogen) atoms. The highest BCUT2D eigenvalue weighted by molar-refractivity contribution is 9.10. The molecule has 1 aromatic rings. The fraction of sp³-hybridized carbons (Fsp3) is 0.364. The Morgan fingerprint density at radius 1 is 1.56 bits per heavy atom. The van der Waals surface area contributed by atoms with Crippen molar-refractivity contribution in [2.45, 2.75) is 25.8 Å². The van der Waals surface area contributed by atoms with E-state index in [2.05, 4.69) is 21.2 Å². The molecule has 7 heteroatoms. The molecule has 0 bridgehead atoms. The summed E-state index contributed by atoms with van der Waals surface area (Å²) < 4.78 is 0.580. The SMILES string of the molecule is CC(C)(N)CC(=O)Nc1cc([N+](=O)[O-])ccc1Br. The number of rotatable bonds is 4. The first-order chi connectivity index (χ1) is 8.19. The number of nitro groups is 1. The lowest BCUT2D eigenvalue weighted by atomic mass is 10.0. The number of anilines is 1. The molecule has 0 saturated heterocycles. The summed E-state index contributed by atoms with van der Waals surface area (Å²) in [6.07, 6.45) is 0.127. The summed E-state index contributed by atoms with van der Waals surface area (Å²) in [6, 6.07) is 4.17. The Morgan fingerprint density at radius 3 is 2.67 bits per heavy atom. The lowest BCUT2D eigenvalue weighted by Gasteiger charge is -2.17. The van der Waals surface area contributed by atoms with Crippen molar-refractivity contribution in [3.05, 3.63) is 32.8 Å². The van der Waals surface area contributed by atoms with Crippen LogP contribution < -0.4 is 11.1 Å². The van der Waals surface area contributed by atoms with Crippen molar-refractivity contribution in [3.8, 4) is 0 Å². The number of carbonyl (C=O) groups is 1. The average Bonchev–Trinajstić information content (AvgIpc) is 2.18. The Labute approximate surface area is 113 Å². The molecule has 0 atom stereocenters. The maximum Gasteiger partial charge on any atom is 0.271 e. The molecule has 98 valence electrons. The second kappa shape index (κ2) is 5.45. The van der Waals surface area contributed by atoms with E-state index in [4.69, 9.17) is 5.73 Å². The monoisotopic (exact) mass is 315 g/mol. The maximum atomic E-state index is 11.7. The smallest absolute Gasteiger partial charge is 0.271 e. The molecule has 0 saturated carbocycles. The molecule has 0 aliphatic carbocycles. The van der Waals surface area contributed by atoms with Crippen LogP contribution in [0.1, 0.15) is 20.3 Å². The zero-order valence-electron chi connectivity index (χ0n) is 10.1. The topological polar surface area (TPSA) is 98.3 Å². The van der Waals surface area contributed by atoms with E-state index in [1.165, 1.54) is 18.2 Å². The van der Waals surface area contributed by atoms with Gasteiger partial charge in [0.1, 0.15) is 0 Å². The van der Waals surface area contributed by atoms with Crippen molar-refractivity contribution >= 4 is 33.2 Å². The molecule has 6 nitrogen and oxygen atoms in total. The molecular weight excluding hydrogens is 302 g/mol. The standard InChI is InChI=1S/C11H14BrN3O3/c1-11(2,13)6-10(16)14-9-5-7(15(17)18)3-4-8(9)12/h3-5H,6,13H2,1-2H3,(H,14,16). The molecule has 0 spiro atoms.